The molecule has 0 aliphatic heterocycles. The molecule has 0 amide bonds. The lowest BCUT2D eigenvalue weighted by Crippen LogP contribution is -1.78. The zero-order valence-electron chi connectivity index (χ0n) is 6.44. The van der Waals surface area contributed by atoms with E-state index >= 15 is 0 Å². The topological polar surface area (TPSA) is 28.7 Å². The van der Waals surface area contributed by atoms with E-state index in [-0.39, 0.29) is 5.82 Å². The lowest BCUT2D eigenvalue weighted by Gasteiger charge is -1.93. The van der Waals surface area contributed by atoms with Gasteiger partial charge in [-0.1, -0.05) is 23.2 Å². The van der Waals surface area contributed by atoms with Gasteiger partial charge in [0.1, 0.15) is 12.5 Å². The maximum absolute atomic E-state index is 12.2. The third-order valence-electron chi connectivity index (χ3n) is 1.70. The minimum atomic E-state index is -0.621. The van der Waals surface area contributed by atoms with Gasteiger partial charge in [-0.3, -0.25) is 0 Å². The molecular formula is C8H5Cl2FN2. The molecule has 0 saturated carbocycles. The van der Waals surface area contributed by atoms with E-state index in [2.05, 4.69) is 9.97 Å². The summed E-state index contributed by atoms with van der Waals surface area (Å²) in [6.07, 6.45) is 0. The number of hydrogen-bond donors (Lipinski definition) is 1. The highest BCUT2D eigenvalue weighted by atomic mass is 35.5. The van der Waals surface area contributed by atoms with E-state index in [1.165, 1.54) is 0 Å². The van der Waals surface area contributed by atoms with Crippen LogP contribution in [0.15, 0.2) is 12.1 Å². The number of H-pyrrole nitrogens is 1. The van der Waals surface area contributed by atoms with Crippen LogP contribution in [-0.4, -0.2) is 9.97 Å². The average molecular weight is 219 g/mol. The van der Waals surface area contributed by atoms with Gasteiger partial charge in [0.2, 0.25) is 0 Å². The van der Waals surface area contributed by atoms with Crippen molar-refractivity contribution in [3.63, 3.8) is 0 Å². The summed E-state index contributed by atoms with van der Waals surface area (Å²) in [4.78, 5) is 6.74. The number of nitrogens with zero attached hydrogens (tertiary/aromatic N) is 1. The highest BCUT2D eigenvalue weighted by Gasteiger charge is 2.05. The molecule has 0 bridgehead atoms. The van der Waals surface area contributed by atoms with Crippen molar-refractivity contribution in [3.8, 4) is 0 Å². The van der Waals surface area contributed by atoms with Crippen LogP contribution >= 0.6 is 23.2 Å². The number of imidazole rings is 1. The summed E-state index contributed by atoms with van der Waals surface area (Å²) in [5, 5.41) is 0.856. The molecule has 1 N–H and O–H groups in total. The fraction of sp³-hybridized carbons (Fsp3) is 0.125. The number of aromatic amines is 1. The molecule has 0 spiro atoms. The lowest BCUT2D eigenvalue weighted by molar-refractivity contribution is 0.469. The fourth-order valence-corrected chi connectivity index (χ4v) is 1.44. The Morgan fingerprint density at radius 1 is 1.31 bits per heavy atom. The van der Waals surface area contributed by atoms with Crippen LogP contribution in [-0.2, 0) is 6.67 Å². The molecule has 13 heavy (non-hydrogen) atoms. The molecule has 5 heteroatoms. The minimum absolute atomic E-state index is 0.285. The van der Waals surface area contributed by atoms with E-state index in [1.807, 2.05) is 0 Å². The van der Waals surface area contributed by atoms with Gasteiger partial charge in [0.15, 0.2) is 0 Å². The van der Waals surface area contributed by atoms with Gasteiger partial charge in [0.05, 0.1) is 21.1 Å². The summed E-state index contributed by atoms with van der Waals surface area (Å²) in [6, 6.07) is 3.24. The van der Waals surface area contributed by atoms with Gasteiger partial charge in [-0.25, -0.2) is 9.37 Å². The summed E-state index contributed by atoms with van der Waals surface area (Å²) >= 11 is 11.5. The second-order valence-electron chi connectivity index (χ2n) is 2.60. The molecule has 0 unspecified atom stereocenters. The van der Waals surface area contributed by atoms with Crippen molar-refractivity contribution in [2.24, 2.45) is 0 Å². The molecule has 0 saturated heterocycles. The predicted molar refractivity (Wildman–Crippen MR) is 50.9 cm³/mol. The third kappa shape index (κ3) is 1.49. The smallest absolute Gasteiger partial charge is 0.147 e. The number of aromatic nitrogens is 2. The summed E-state index contributed by atoms with van der Waals surface area (Å²) in [6.45, 7) is -0.621. The van der Waals surface area contributed by atoms with Crippen LogP contribution < -0.4 is 0 Å². The Balaban J connectivity index is 2.70. The first-order valence-corrected chi connectivity index (χ1v) is 4.36. The van der Waals surface area contributed by atoms with Crippen molar-refractivity contribution in [1.82, 2.24) is 9.97 Å². The largest absolute Gasteiger partial charge is 0.340 e. The molecular weight excluding hydrogens is 214 g/mol. The van der Waals surface area contributed by atoms with Crippen molar-refractivity contribution in [3.05, 3.63) is 28.0 Å². The van der Waals surface area contributed by atoms with Crippen LogP contribution in [0, 0.1) is 0 Å². The Morgan fingerprint density at radius 2 is 2.00 bits per heavy atom. The van der Waals surface area contributed by atoms with Gasteiger partial charge in [-0.05, 0) is 12.1 Å². The maximum atomic E-state index is 12.2. The van der Waals surface area contributed by atoms with Gasteiger partial charge >= 0.3 is 0 Å². The Morgan fingerprint density at radius 3 is 2.69 bits per heavy atom. The van der Waals surface area contributed by atoms with E-state index in [4.69, 9.17) is 23.2 Å². The molecule has 0 aliphatic carbocycles. The molecule has 0 aliphatic rings. The first-order chi connectivity index (χ1) is 6.20. The second-order valence-corrected chi connectivity index (χ2v) is 3.41. The molecule has 2 nitrogen and oxygen atoms in total. The van der Waals surface area contributed by atoms with Gasteiger partial charge in [0.25, 0.3) is 0 Å². The number of rotatable bonds is 1. The summed E-state index contributed by atoms with van der Waals surface area (Å²) in [7, 11) is 0. The van der Waals surface area contributed by atoms with E-state index in [1.54, 1.807) is 12.1 Å². The van der Waals surface area contributed by atoms with Crippen molar-refractivity contribution in [1.29, 1.82) is 0 Å². The normalized spacial score (nSPS) is 11.0. The molecule has 1 aromatic heterocycles. The van der Waals surface area contributed by atoms with E-state index in [0.717, 1.165) is 0 Å². The summed E-state index contributed by atoms with van der Waals surface area (Å²) in [5.41, 5.74) is 1.32. The van der Waals surface area contributed by atoms with Crippen molar-refractivity contribution in [2.75, 3.05) is 0 Å². The third-order valence-corrected chi connectivity index (χ3v) is 2.42. The van der Waals surface area contributed by atoms with E-state index < -0.39 is 6.67 Å². The number of alkyl halides is 1. The molecule has 1 aromatic carbocycles. The first-order valence-electron chi connectivity index (χ1n) is 3.60. The van der Waals surface area contributed by atoms with E-state index in [0.29, 0.717) is 21.1 Å². The Hall–Kier alpha value is -0.800. The number of benzene rings is 1. The minimum Gasteiger partial charge on any atom is -0.340 e. The molecule has 0 fully saturated rings. The zero-order valence-corrected chi connectivity index (χ0v) is 7.95. The maximum Gasteiger partial charge on any atom is 0.147 e. The molecule has 1 heterocycles. The molecule has 0 atom stereocenters. The molecule has 0 radical (unpaired) electrons. The second kappa shape index (κ2) is 3.16. The number of nitrogens with one attached hydrogen (secondary N) is 1. The van der Waals surface area contributed by atoms with Crippen molar-refractivity contribution >= 4 is 34.2 Å². The predicted octanol–water partition coefficient (Wildman–Crippen LogP) is 3.34. The van der Waals surface area contributed by atoms with E-state index in [9.17, 15) is 4.39 Å². The van der Waals surface area contributed by atoms with Gasteiger partial charge in [-0.2, -0.15) is 0 Å². The van der Waals surface area contributed by atoms with Crippen molar-refractivity contribution < 1.29 is 4.39 Å². The molecule has 68 valence electrons. The highest BCUT2D eigenvalue weighted by molar-refractivity contribution is 6.42. The SMILES string of the molecule is FCc1nc2cc(Cl)c(Cl)cc2[nH]1. The van der Waals surface area contributed by atoms with Crippen LogP contribution in [0.1, 0.15) is 5.82 Å². The van der Waals surface area contributed by atoms with Gasteiger partial charge < -0.3 is 4.98 Å². The Kier molecular flexibility index (Phi) is 2.14. The quantitative estimate of drug-likeness (QED) is 0.782. The van der Waals surface area contributed by atoms with Crippen molar-refractivity contribution in [2.45, 2.75) is 6.67 Å². The number of fused-ring (bicyclic) bond motifs is 1. The van der Waals surface area contributed by atoms with Gasteiger partial charge in [0, 0.05) is 0 Å². The lowest BCUT2D eigenvalue weighted by atomic mass is 10.3. The summed E-state index contributed by atoms with van der Waals surface area (Å²) in [5.74, 6) is 0.285. The van der Waals surface area contributed by atoms with Crippen LogP contribution in [0.4, 0.5) is 4.39 Å². The van der Waals surface area contributed by atoms with Crippen LogP contribution in [0.25, 0.3) is 11.0 Å². The van der Waals surface area contributed by atoms with Crippen LogP contribution in [0.3, 0.4) is 0 Å². The Bertz CT molecular complexity index is 414. The van der Waals surface area contributed by atoms with Crippen LogP contribution in [0.5, 0.6) is 0 Å². The zero-order chi connectivity index (χ0) is 9.42. The summed E-state index contributed by atoms with van der Waals surface area (Å²) < 4.78 is 12.2. The highest BCUT2D eigenvalue weighted by Crippen LogP contribution is 2.26. The molecule has 2 rings (SSSR count). The van der Waals surface area contributed by atoms with Gasteiger partial charge in [-0.15, -0.1) is 0 Å². The molecule has 2 aromatic rings. The Labute approximate surface area is 83.7 Å². The van der Waals surface area contributed by atoms with Crippen LogP contribution in [0.2, 0.25) is 10.0 Å². The standard InChI is InChI=1S/C8H5Cl2FN2/c9-4-1-6-7(2-5(4)10)13-8(3-11)12-6/h1-2H,3H2,(H,12,13). The number of halogens is 3. The number of hydrogen-bond acceptors (Lipinski definition) is 1. The fourth-order valence-electron chi connectivity index (χ4n) is 1.12. The average Bonchev–Trinajstić information content (AvgIpc) is 2.48. The monoisotopic (exact) mass is 218 g/mol. The first kappa shape index (κ1) is 8.78.